The van der Waals surface area contributed by atoms with Crippen LogP contribution in [0.2, 0.25) is 0 Å². The SMILES string of the molecule is CCN(CCCO)c1ncccc1C(=O)OC. The number of rotatable bonds is 6. The Labute approximate surface area is 101 Å². The number of carbonyl (C=O) groups is 1. The summed E-state index contributed by atoms with van der Waals surface area (Å²) in [7, 11) is 1.35. The van der Waals surface area contributed by atoms with Gasteiger partial charge in [-0.3, -0.25) is 0 Å². The third-order valence-corrected chi connectivity index (χ3v) is 2.46. The number of methoxy groups -OCH3 is 1. The number of hydrogen-bond acceptors (Lipinski definition) is 5. The van der Waals surface area contributed by atoms with E-state index in [1.807, 2.05) is 11.8 Å². The minimum Gasteiger partial charge on any atom is -0.465 e. The monoisotopic (exact) mass is 238 g/mol. The summed E-state index contributed by atoms with van der Waals surface area (Å²) in [4.78, 5) is 17.8. The number of nitrogens with zero attached hydrogens (tertiary/aromatic N) is 2. The lowest BCUT2D eigenvalue weighted by Gasteiger charge is -2.23. The van der Waals surface area contributed by atoms with Crippen LogP contribution < -0.4 is 4.90 Å². The van der Waals surface area contributed by atoms with Crippen LogP contribution >= 0.6 is 0 Å². The van der Waals surface area contributed by atoms with Gasteiger partial charge < -0.3 is 14.7 Å². The van der Waals surface area contributed by atoms with Crippen molar-refractivity contribution in [2.45, 2.75) is 13.3 Å². The van der Waals surface area contributed by atoms with Gasteiger partial charge in [0.15, 0.2) is 0 Å². The van der Waals surface area contributed by atoms with Gasteiger partial charge in [0.25, 0.3) is 0 Å². The van der Waals surface area contributed by atoms with E-state index in [1.165, 1.54) is 7.11 Å². The van der Waals surface area contributed by atoms with E-state index in [0.717, 1.165) is 6.54 Å². The van der Waals surface area contributed by atoms with Gasteiger partial charge in [0.2, 0.25) is 0 Å². The first-order valence-corrected chi connectivity index (χ1v) is 5.63. The molecule has 94 valence electrons. The standard InChI is InChI=1S/C12H18N2O3/c1-3-14(8-5-9-15)11-10(12(16)17-2)6-4-7-13-11/h4,6-7,15H,3,5,8-9H2,1-2H3. The van der Waals surface area contributed by atoms with Crippen LogP contribution in [0.25, 0.3) is 0 Å². The molecule has 0 aromatic carbocycles. The second-order valence-corrected chi connectivity index (χ2v) is 3.52. The van der Waals surface area contributed by atoms with Gasteiger partial charge in [0.05, 0.1) is 7.11 Å². The summed E-state index contributed by atoms with van der Waals surface area (Å²) in [6.45, 7) is 3.49. The molecule has 0 radical (unpaired) electrons. The van der Waals surface area contributed by atoms with Gasteiger partial charge in [-0.15, -0.1) is 0 Å². The van der Waals surface area contributed by atoms with Gasteiger partial charge in [-0.25, -0.2) is 9.78 Å². The summed E-state index contributed by atoms with van der Waals surface area (Å²) in [5, 5.41) is 8.84. The second-order valence-electron chi connectivity index (χ2n) is 3.52. The molecule has 0 amide bonds. The summed E-state index contributed by atoms with van der Waals surface area (Å²) in [6, 6.07) is 3.39. The van der Waals surface area contributed by atoms with Crippen LogP contribution in [-0.2, 0) is 4.74 Å². The third kappa shape index (κ3) is 3.42. The molecule has 0 saturated carbocycles. The van der Waals surface area contributed by atoms with Crippen molar-refractivity contribution >= 4 is 11.8 Å². The zero-order chi connectivity index (χ0) is 12.7. The molecule has 0 unspecified atom stereocenters. The molecule has 5 nitrogen and oxygen atoms in total. The van der Waals surface area contributed by atoms with Crippen LogP contribution in [0, 0.1) is 0 Å². The molecule has 1 aromatic rings. The van der Waals surface area contributed by atoms with Crippen molar-refractivity contribution in [3.63, 3.8) is 0 Å². The fourth-order valence-corrected chi connectivity index (χ4v) is 1.59. The molecule has 0 aliphatic rings. The minimum absolute atomic E-state index is 0.122. The first kappa shape index (κ1) is 13.4. The fourth-order valence-electron chi connectivity index (χ4n) is 1.59. The van der Waals surface area contributed by atoms with Crippen LogP contribution in [0.3, 0.4) is 0 Å². The highest BCUT2D eigenvalue weighted by Crippen LogP contribution is 2.18. The highest BCUT2D eigenvalue weighted by atomic mass is 16.5. The van der Waals surface area contributed by atoms with Gasteiger partial charge >= 0.3 is 5.97 Å². The van der Waals surface area contributed by atoms with E-state index in [4.69, 9.17) is 9.84 Å². The van der Waals surface area contributed by atoms with E-state index < -0.39 is 5.97 Å². The topological polar surface area (TPSA) is 62.7 Å². The first-order chi connectivity index (χ1) is 8.24. The molecule has 0 bridgehead atoms. The average molecular weight is 238 g/mol. The highest BCUT2D eigenvalue weighted by molar-refractivity contribution is 5.94. The Hall–Kier alpha value is -1.62. The Bertz CT molecular complexity index is 369. The lowest BCUT2D eigenvalue weighted by molar-refractivity contribution is 0.0601. The van der Waals surface area contributed by atoms with Crippen molar-refractivity contribution in [2.75, 3.05) is 31.7 Å². The molecule has 5 heteroatoms. The zero-order valence-corrected chi connectivity index (χ0v) is 10.2. The second kappa shape index (κ2) is 6.85. The predicted molar refractivity (Wildman–Crippen MR) is 65.2 cm³/mol. The highest BCUT2D eigenvalue weighted by Gasteiger charge is 2.16. The van der Waals surface area contributed by atoms with Gasteiger partial charge in [-0.1, -0.05) is 0 Å². The molecule has 0 aliphatic heterocycles. The molecule has 1 N–H and O–H groups in total. The van der Waals surface area contributed by atoms with Crippen LogP contribution in [-0.4, -0.2) is 42.9 Å². The Balaban J connectivity index is 2.97. The van der Waals surface area contributed by atoms with E-state index in [0.29, 0.717) is 24.3 Å². The molecule has 0 aliphatic carbocycles. The molecule has 0 atom stereocenters. The maximum atomic E-state index is 11.6. The maximum absolute atomic E-state index is 11.6. The molecule has 1 rings (SSSR count). The maximum Gasteiger partial charge on any atom is 0.341 e. The van der Waals surface area contributed by atoms with Crippen molar-refractivity contribution < 1.29 is 14.6 Å². The number of anilines is 1. The number of hydrogen-bond donors (Lipinski definition) is 1. The van der Waals surface area contributed by atoms with Crippen LogP contribution in [0.15, 0.2) is 18.3 Å². The zero-order valence-electron chi connectivity index (χ0n) is 10.2. The van der Waals surface area contributed by atoms with Crippen molar-refractivity contribution in [3.05, 3.63) is 23.9 Å². The van der Waals surface area contributed by atoms with Crippen molar-refractivity contribution in [2.24, 2.45) is 0 Å². The van der Waals surface area contributed by atoms with Gasteiger partial charge in [-0.2, -0.15) is 0 Å². The Kier molecular flexibility index (Phi) is 5.42. The molecule has 0 saturated heterocycles. The minimum atomic E-state index is -0.393. The predicted octanol–water partition coefficient (Wildman–Crippen LogP) is 1.08. The molecule has 1 heterocycles. The summed E-state index contributed by atoms with van der Waals surface area (Å²) >= 11 is 0. The van der Waals surface area contributed by atoms with Crippen LogP contribution in [0.5, 0.6) is 0 Å². The molecule has 0 spiro atoms. The first-order valence-electron chi connectivity index (χ1n) is 5.63. The molecule has 0 fully saturated rings. The van der Waals surface area contributed by atoms with E-state index >= 15 is 0 Å². The van der Waals surface area contributed by atoms with E-state index in [-0.39, 0.29) is 6.61 Å². The number of aromatic nitrogens is 1. The average Bonchev–Trinajstić information content (AvgIpc) is 2.39. The summed E-state index contributed by atoms with van der Waals surface area (Å²) in [6.07, 6.45) is 2.29. The van der Waals surface area contributed by atoms with E-state index in [9.17, 15) is 4.79 Å². The Morgan fingerprint density at radius 3 is 2.94 bits per heavy atom. The normalized spacial score (nSPS) is 10.1. The summed E-state index contributed by atoms with van der Waals surface area (Å²) in [5.41, 5.74) is 0.454. The van der Waals surface area contributed by atoms with Gasteiger partial charge in [0, 0.05) is 25.9 Å². The molecule has 17 heavy (non-hydrogen) atoms. The summed E-state index contributed by atoms with van der Waals surface area (Å²) in [5.74, 6) is 0.214. The Morgan fingerprint density at radius 1 is 1.59 bits per heavy atom. The van der Waals surface area contributed by atoms with Gasteiger partial charge in [-0.05, 0) is 25.5 Å². The van der Waals surface area contributed by atoms with Crippen molar-refractivity contribution in [1.29, 1.82) is 0 Å². The third-order valence-electron chi connectivity index (χ3n) is 2.46. The number of ether oxygens (including phenoxy) is 1. The Morgan fingerprint density at radius 2 is 2.35 bits per heavy atom. The van der Waals surface area contributed by atoms with Crippen LogP contribution in [0.4, 0.5) is 5.82 Å². The fraction of sp³-hybridized carbons (Fsp3) is 0.500. The number of aliphatic hydroxyl groups excluding tert-OH is 1. The number of aliphatic hydroxyl groups is 1. The molecule has 1 aromatic heterocycles. The number of esters is 1. The lowest BCUT2D eigenvalue weighted by Crippen LogP contribution is -2.27. The molecular formula is C12H18N2O3. The largest absolute Gasteiger partial charge is 0.465 e. The number of pyridine rings is 1. The van der Waals surface area contributed by atoms with Crippen molar-refractivity contribution in [1.82, 2.24) is 4.98 Å². The number of carbonyl (C=O) groups excluding carboxylic acids is 1. The summed E-state index contributed by atoms with van der Waals surface area (Å²) < 4.78 is 4.72. The van der Waals surface area contributed by atoms with E-state index in [1.54, 1.807) is 18.3 Å². The lowest BCUT2D eigenvalue weighted by atomic mass is 10.2. The van der Waals surface area contributed by atoms with Crippen LogP contribution in [0.1, 0.15) is 23.7 Å². The van der Waals surface area contributed by atoms with E-state index in [2.05, 4.69) is 4.98 Å². The quantitative estimate of drug-likeness (QED) is 0.751. The van der Waals surface area contributed by atoms with Crippen molar-refractivity contribution in [3.8, 4) is 0 Å². The van der Waals surface area contributed by atoms with Gasteiger partial charge in [0.1, 0.15) is 11.4 Å². The molecular weight excluding hydrogens is 220 g/mol. The smallest absolute Gasteiger partial charge is 0.341 e.